The van der Waals surface area contributed by atoms with Crippen molar-refractivity contribution in [2.45, 2.75) is 50.8 Å². The van der Waals surface area contributed by atoms with Crippen LogP contribution in [0.4, 0.5) is 0 Å². The molecule has 8 nitrogen and oxygen atoms in total. The molecule has 0 amide bonds. The van der Waals surface area contributed by atoms with Crippen molar-refractivity contribution in [3.63, 3.8) is 0 Å². The molecule has 2 fully saturated rings. The Labute approximate surface area is 186 Å². The zero-order chi connectivity index (χ0) is 22.9. The van der Waals surface area contributed by atoms with E-state index in [1.54, 1.807) is 24.3 Å². The van der Waals surface area contributed by atoms with Crippen LogP contribution >= 0.6 is 0 Å². The van der Waals surface area contributed by atoms with E-state index in [-0.39, 0.29) is 24.6 Å². The Morgan fingerprint density at radius 3 is 1.69 bits per heavy atom. The van der Waals surface area contributed by atoms with E-state index in [1.807, 2.05) is 20.8 Å². The summed E-state index contributed by atoms with van der Waals surface area (Å²) in [5.74, 6) is -0.308. The third kappa shape index (κ3) is 5.03. The minimum atomic E-state index is -0.612. The molecule has 0 radical (unpaired) electrons. The number of carbonyl (C=O) groups excluding carboxylic acids is 2. The summed E-state index contributed by atoms with van der Waals surface area (Å²) in [7, 11) is 0. The fraction of sp³-hybridized carbons (Fsp3) is 0.417. The Morgan fingerprint density at radius 2 is 1.25 bits per heavy atom. The topological polar surface area (TPSA) is 101 Å². The molecule has 2 aromatic carbocycles. The Bertz CT molecular complexity index is 961. The van der Waals surface area contributed by atoms with Gasteiger partial charge in [0, 0.05) is 0 Å². The third-order valence-corrected chi connectivity index (χ3v) is 5.10. The molecule has 2 aromatic rings. The first kappa shape index (κ1) is 22.1. The van der Waals surface area contributed by atoms with Crippen LogP contribution in [0.2, 0.25) is 0 Å². The molecule has 8 heteroatoms. The lowest BCUT2D eigenvalue weighted by Crippen LogP contribution is -2.36. The first-order valence-corrected chi connectivity index (χ1v) is 10.4. The summed E-state index contributed by atoms with van der Waals surface area (Å²) in [6.07, 6.45) is -2.24. The van der Waals surface area contributed by atoms with E-state index in [0.717, 1.165) is 0 Å². The first-order valence-electron chi connectivity index (χ1n) is 10.4. The SMILES string of the molecule is CC(C)(C)Oc1ccc(C(=O)O[C@H]2COC3C2OC[C@H]3OC(=O)c2ccc(O)cc2)cc1. The maximum absolute atomic E-state index is 12.6. The van der Waals surface area contributed by atoms with Crippen molar-refractivity contribution in [3.8, 4) is 11.5 Å². The van der Waals surface area contributed by atoms with Gasteiger partial charge in [0.2, 0.25) is 0 Å². The van der Waals surface area contributed by atoms with Crippen LogP contribution in [-0.4, -0.2) is 60.3 Å². The maximum atomic E-state index is 12.6. The molecule has 2 heterocycles. The smallest absolute Gasteiger partial charge is 0.338 e. The van der Waals surface area contributed by atoms with Crippen LogP contribution in [0, 0.1) is 0 Å². The lowest BCUT2D eigenvalue weighted by molar-refractivity contribution is -0.0287. The highest BCUT2D eigenvalue weighted by Gasteiger charge is 2.51. The van der Waals surface area contributed by atoms with Crippen LogP contribution in [-0.2, 0) is 18.9 Å². The molecule has 0 aromatic heterocycles. The van der Waals surface area contributed by atoms with Crippen LogP contribution in [0.1, 0.15) is 41.5 Å². The molecular weight excluding hydrogens is 416 g/mol. The van der Waals surface area contributed by atoms with Crippen molar-refractivity contribution in [2.24, 2.45) is 0 Å². The standard InChI is InChI=1S/C24H26O8/c1-24(2,3)32-17-10-6-15(7-11-17)23(27)31-19-13-29-20-18(12-28-21(19)20)30-22(26)14-4-8-16(25)9-5-14/h4-11,18-21,25H,12-13H2,1-3H3/t18-,19+,20?,21?/m1/s1. The van der Waals surface area contributed by atoms with Gasteiger partial charge in [-0.3, -0.25) is 0 Å². The molecule has 0 spiro atoms. The number of carbonyl (C=O) groups is 2. The number of aromatic hydroxyl groups is 1. The van der Waals surface area contributed by atoms with Crippen molar-refractivity contribution in [1.82, 2.24) is 0 Å². The Kier molecular flexibility index (Phi) is 6.08. The molecule has 0 saturated carbocycles. The molecular formula is C24H26O8. The van der Waals surface area contributed by atoms with Crippen molar-refractivity contribution >= 4 is 11.9 Å². The molecule has 0 bridgehead atoms. The van der Waals surface area contributed by atoms with Crippen LogP contribution in [0.5, 0.6) is 11.5 Å². The number of phenols is 1. The van der Waals surface area contributed by atoms with Gasteiger partial charge >= 0.3 is 11.9 Å². The van der Waals surface area contributed by atoms with Crippen LogP contribution in [0.3, 0.4) is 0 Å². The Hall–Kier alpha value is -3.10. The van der Waals surface area contributed by atoms with Gasteiger partial charge in [0.25, 0.3) is 0 Å². The van der Waals surface area contributed by atoms with Gasteiger partial charge in [-0.15, -0.1) is 0 Å². The van der Waals surface area contributed by atoms with E-state index >= 15 is 0 Å². The number of ether oxygens (including phenoxy) is 5. The normalized spacial score (nSPS) is 24.6. The quantitative estimate of drug-likeness (QED) is 0.705. The van der Waals surface area contributed by atoms with Gasteiger partial charge in [-0.1, -0.05) is 0 Å². The monoisotopic (exact) mass is 442 g/mol. The molecule has 4 atom stereocenters. The molecule has 4 rings (SSSR count). The van der Waals surface area contributed by atoms with Crippen molar-refractivity contribution < 1.29 is 38.4 Å². The number of rotatable bonds is 5. The van der Waals surface area contributed by atoms with Gasteiger partial charge in [0.05, 0.1) is 24.3 Å². The zero-order valence-electron chi connectivity index (χ0n) is 18.1. The lowest BCUT2D eigenvalue weighted by atomic mass is 10.1. The second-order valence-corrected chi connectivity index (χ2v) is 8.77. The number of benzene rings is 2. The predicted octanol–water partition coefficient (Wildman–Crippen LogP) is 3.12. The molecule has 1 N–H and O–H groups in total. The number of hydrogen-bond acceptors (Lipinski definition) is 8. The fourth-order valence-electron chi connectivity index (χ4n) is 3.65. The fourth-order valence-corrected chi connectivity index (χ4v) is 3.65. The molecule has 170 valence electrons. The highest BCUT2D eigenvalue weighted by atomic mass is 16.7. The predicted molar refractivity (Wildman–Crippen MR) is 113 cm³/mol. The third-order valence-electron chi connectivity index (χ3n) is 5.10. The van der Waals surface area contributed by atoms with E-state index in [4.69, 9.17) is 23.7 Å². The first-order chi connectivity index (χ1) is 15.2. The lowest BCUT2D eigenvalue weighted by Gasteiger charge is -2.21. The van der Waals surface area contributed by atoms with E-state index in [1.165, 1.54) is 24.3 Å². The number of hydrogen-bond donors (Lipinski definition) is 1. The maximum Gasteiger partial charge on any atom is 0.338 e. The number of fused-ring (bicyclic) bond motifs is 1. The summed E-state index contributed by atoms with van der Waals surface area (Å²) < 4.78 is 28.3. The summed E-state index contributed by atoms with van der Waals surface area (Å²) >= 11 is 0. The molecule has 2 saturated heterocycles. The molecule has 2 aliphatic rings. The minimum Gasteiger partial charge on any atom is -0.508 e. The van der Waals surface area contributed by atoms with Gasteiger partial charge < -0.3 is 28.8 Å². The molecule has 0 aliphatic carbocycles. The Balaban J connectivity index is 1.33. The van der Waals surface area contributed by atoms with Crippen molar-refractivity contribution in [2.75, 3.05) is 13.2 Å². The van der Waals surface area contributed by atoms with Gasteiger partial charge in [-0.2, -0.15) is 0 Å². The number of phenolic OH excluding ortho intramolecular Hbond substituents is 1. The van der Waals surface area contributed by atoms with Gasteiger partial charge in [0.15, 0.2) is 12.2 Å². The van der Waals surface area contributed by atoms with Crippen LogP contribution in [0.25, 0.3) is 0 Å². The number of esters is 2. The molecule has 32 heavy (non-hydrogen) atoms. The van der Waals surface area contributed by atoms with E-state index < -0.39 is 36.4 Å². The van der Waals surface area contributed by atoms with Crippen molar-refractivity contribution in [1.29, 1.82) is 0 Å². The van der Waals surface area contributed by atoms with Gasteiger partial charge in [-0.25, -0.2) is 9.59 Å². The van der Waals surface area contributed by atoms with Crippen LogP contribution < -0.4 is 4.74 Å². The van der Waals surface area contributed by atoms with Gasteiger partial charge in [0.1, 0.15) is 29.3 Å². The average Bonchev–Trinajstić information content (AvgIpc) is 3.31. The average molecular weight is 442 g/mol. The van der Waals surface area contributed by atoms with Crippen LogP contribution in [0.15, 0.2) is 48.5 Å². The molecule has 2 unspecified atom stereocenters. The van der Waals surface area contributed by atoms with E-state index in [9.17, 15) is 14.7 Å². The summed E-state index contributed by atoms with van der Waals surface area (Å²) in [5.41, 5.74) is 0.370. The highest BCUT2D eigenvalue weighted by Crippen LogP contribution is 2.31. The summed E-state index contributed by atoms with van der Waals surface area (Å²) in [5, 5.41) is 9.35. The second kappa shape index (κ2) is 8.80. The summed E-state index contributed by atoms with van der Waals surface area (Å²) in [6.45, 7) is 6.14. The Morgan fingerprint density at radius 1 is 0.812 bits per heavy atom. The van der Waals surface area contributed by atoms with Gasteiger partial charge in [-0.05, 0) is 69.3 Å². The largest absolute Gasteiger partial charge is 0.508 e. The summed E-state index contributed by atoms with van der Waals surface area (Å²) in [4.78, 5) is 24.9. The van der Waals surface area contributed by atoms with Crippen molar-refractivity contribution in [3.05, 3.63) is 59.7 Å². The molecule has 2 aliphatic heterocycles. The zero-order valence-corrected chi connectivity index (χ0v) is 18.1. The second-order valence-electron chi connectivity index (χ2n) is 8.77. The van der Waals surface area contributed by atoms with E-state index in [2.05, 4.69) is 0 Å². The highest BCUT2D eigenvalue weighted by molar-refractivity contribution is 5.90. The van der Waals surface area contributed by atoms with E-state index in [0.29, 0.717) is 16.9 Å². The minimum absolute atomic E-state index is 0.0611. The summed E-state index contributed by atoms with van der Waals surface area (Å²) in [6, 6.07) is 12.5.